The quantitative estimate of drug-likeness (QED) is 0.907. The van der Waals surface area contributed by atoms with E-state index in [1.807, 2.05) is 27.7 Å². The van der Waals surface area contributed by atoms with E-state index in [0.717, 1.165) is 5.69 Å². The highest BCUT2D eigenvalue weighted by Crippen LogP contribution is 2.24. The lowest BCUT2D eigenvalue weighted by Crippen LogP contribution is -2.16. The van der Waals surface area contributed by atoms with Crippen molar-refractivity contribution < 1.29 is 13.2 Å². The van der Waals surface area contributed by atoms with Gasteiger partial charge in [-0.1, -0.05) is 20.8 Å². The van der Waals surface area contributed by atoms with Gasteiger partial charge in [0.25, 0.3) is 10.0 Å². The van der Waals surface area contributed by atoms with Gasteiger partial charge in [-0.2, -0.15) is 0 Å². The minimum Gasteiger partial charge on any atom is -0.494 e. The van der Waals surface area contributed by atoms with Crippen molar-refractivity contribution in [1.29, 1.82) is 0 Å². The topological polar surface area (TPSA) is 68.3 Å². The third-order valence-corrected chi connectivity index (χ3v) is 4.62. The third kappa shape index (κ3) is 4.45. The number of rotatable bonds is 5. The number of ether oxygens (including phenoxy) is 1. The smallest absolute Gasteiger partial charge is 0.261 e. The number of anilines is 1. The molecule has 2 rings (SSSR count). The second-order valence-electron chi connectivity index (χ2n) is 6.19. The zero-order chi connectivity index (χ0) is 17.1. The molecule has 0 saturated carbocycles. The third-order valence-electron chi connectivity index (χ3n) is 3.23. The molecular formula is C17H22N2O3S. The first-order chi connectivity index (χ1) is 10.7. The fourth-order valence-corrected chi connectivity index (χ4v) is 3.05. The van der Waals surface area contributed by atoms with Crippen LogP contribution in [0.2, 0.25) is 0 Å². The number of hydrogen-bond donors (Lipinski definition) is 1. The molecule has 0 unspecified atom stereocenters. The first kappa shape index (κ1) is 17.3. The summed E-state index contributed by atoms with van der Waals surface area (Å²) in [5.41, 5.74) is 1.17. The summed E-state index contributed by atoms with van der Waals surface area (Å²) in [7, 11) is -3.64. The molecule has 0 radical (unpaired) electrons. The van der Waals surface area contributed by atoms with E-state index in [1.54, 1.807) is 30.5 Å². The summed E-state index contributed by atoms with van der Waals surface area (Å²) in [6.45, 7) is 8.50. The molecule has 1 N–H and O–H groups in total. The molecule has 5 nitrogen and oxygen atoms in total. The first-order valence-corrected chi connectivity index (χ1v) is 8.93. The molecule has 0 spiro atoms. The first-order valence-electron chi connectivity index (χ1n) is 7.44. The maximum atomic E-state index is 12.5. The lowest BCUT2D eigenvalue weighted by atomic mass is 9.91. The van der Waals surface area contributed by atoms with Crippen molar-refractivity contribution in [3.8, 4) is 5.75 Å². The van der Waals surface area contributed by atoms with Gasteiger partial charge in [0.2, 0.25) is 0 Å². The maximum Gasteiger partial charge on any atom is 0.261 e. The van der Waals surface area contributed by atoms with Gasteiger partial charge in [0, 0.05) is 17.3 Å². The molecular weight excluding hydrogens is 312 g/mol. The maximum absolute atomic E-state index is 12.5. The molecule has 0 aliphatic carbocycles. The van der Waals surface area contributed by atoms with Gasteiger partial charge in [-0.3, -0.25) is 9.71 Å². The molecule has 0 fully saturated rings. The summed E-state index contributed by atoms with van der Waals surface area (Å²) in [5, 5.41) is 0. The highest BCUT2D eigenvalue weighted by Gasteiger charge is 2.18. The van der Waals surface area contributed by atoms with E-state index in [0.29, 0.717) is 18.0 Å². The SMILES string of the molecule is CCOc1ccc(S(=O)(=O)Nc2ccnc(C(C)(C)C)c2)cc1. The molecule has 0 saturated heterocycles. The van der Waals surface area contributed by atoms with Crippen molar-refractivity contribution in [2.45, 2.75) is 38.0 Å². The van der Waals surface area contributed by atoms with E-state index in [9.17, 15) is 8.42 Å². The van der Waals surface area contributed by atoms with E-state index in [2.05, 4.69) is 9.71 Å². The van der Waals surface area contributed by atoms with Crippen LogP contribution in [0, 0.1) is 0 Å². The summed E-state index contributed by atoms with van der Waals surface area (Å²) in [4.78, 5) is 4.48. The van der Waals surface area contributed by atoms with Crippen LogP contribution in [0.1, 0.15) is 33.4 Å². The van der Waals surface area contributed by atoms with Crippen LogP contribution in [0.3, 0.4) is 0 Å². The Hall–Kier alpha value is -2.08. The van der Waals surface area contributed by atoms with Crippen LogP contribution in [0.4, 0.5) is 5.69 Å². The number of nitrogens with zero attached hydrogens (tertiary/aromatic N) is 1. The number of hydrogen-bond acceptors (Lipinski definition) is 4. The summed E-state index contributed by atoms with van der Waals surface area (Å²) in [5.74, 6) is 0.644. The van der Waals surface area contributed by atoms with Gasteiger partial charge >= 0.3 is 0 Å². The lowest BCUT2D eigenvalue weighted by molar-refractivity contribution is 0.340. The molecule has 0 amide bonds. The zero-order valence-corrected chi connectivity index (χ0v) is 14.6. The van der Waals surface area contributed by atoms with Gasteiger partial charge in [-0.15, -0.1) is 0 Å². The number of benzene rings is 1. The monoisotopic (exact) mass is 334 g/mol. The van der Waals surface area contributed by atoms with E-state index >= 15 is 0 Å². The Labute approximate surface area is 137 Å². The van der Waals surface area contributed by atoms with Gasteiger partial charge < -0.3 is 4.74 Å². The van der Waals surface area contributed by atoms with Crippen LogP contribution in [0.5, 0.6) is 5.75 Å². The van der Waals surface area contributed by atoms with E-state index in [4.69, 9.17) is 4.74 Å². The minimum atomic E-state index is -3.64. The second kappa shape index (κ2) is 6.58. The highest BCUT2D eigenvalue weighted by atomic mass is 32.2. The Morgan fingerprint density at radius 1 is 1.13 bits per heavy atom. The predicted octanol–water partition coefficient (Wildman–Crippen LogP) is 3.58. The van der Waals surface area contributed by atoms with Gasteiger partial charge in [0.15, 0.2) is 0 Å². The molecule has 2 aromatic rings. The minimum absolute atomic E-state index is 0.152. The van der Waals surface area contributed by atoms with Crippen LogP contribution in [-0.4, -0.2) is 20.0 Å². The molecule has 124 valence electrons. The van der Waals surface area contributed by atoms with Crippen molar-refractivity contribution >= 4 is 15.7 Å². The van der Waals surface area contributed by atoms with Crippen LogP contribution >= 0.6 is 0 Å². The van der Waals surface area contributed by atoms with Gasteiger partial charge in [-0.25, -0.2) is 8.42 Å². The Balaban J connectivity index is 2.24. The van der Waals surface area contributed by atoms with Crippen molar-refractivity contribution in [2.75, 3.05) is 11.3 Å². The molecule has 23 heavy (non-hydrogen) atoms. The van der Waals surface area contributed by atoms with Crippen molar-refractivity contribution in [3.63, 3.8) is 0 Å². The standard InChI is InChI=1S/C17H22N2O3S/c1-5-22-14-6-8-15(9-7-14)23(20,21)19-13-10-11-18-16(12-13)17(2,3)4/h6-12H,5H2,1-4H3,(H,18,19). The zero-order valence-electron chi connectivity index (χ0n) is 13.8. The Morgan fingerprint density at radius 3 is 2.35 bits per heavy atom. The summed E-state index contributed by atoms with van der Waals surface area (Å²) in [6, 6.07) is 9.74. The van der Waals surface area contributed by atoms with Crippen LogP contribution in [-0.2, 0) is 15.4 Å². The fourth-order valence-electron chi connectivity index (χ4n) is 2.00. The van der Waals surface area contributed by atoms with Crippen molar-refractivity contribution in [1.82, 2.24) is 4.98 Å². The molecule has 1 aromatic heterocycles. The Bertz CT molecular complexity index is 763. The summed E-state index contributed by atoms with van der Waals surface area (Å²) >= 11 is 0. The van der Waals surface area contributed by atoms with E-state index in [1.165, 1.54) is 12.1 Å². The van der Waals surface area contributed by atoms with E-state index < -0.39 is 10.0 Å². The molecule has 0 aliphatic heterocycles. The second-order valence-corrected chi connectivity index (χ2v) is 7.87. The molecule has 0 aliphatic rings. The normalized spacial score (nSPS) is 12.0. The largest absolute Gasteiger partial charge is 0.494 e. The fraction of sp³-hybridized carbons (Fsp3) is 0.353. The predicted molar refractivity (Wildman–Crippen MR) is 91.4 cm³/mol. The van der Waals surface area contributed by atoms with Crippen LogP contribution < -0.4 is 9.46 Å². The summed E-state index contributed by atoms with van der Waals surface area (Å²) in [6.07, 6.45) is 1.61. The van der Waals surface area contributed by atoms with Gasteiger partial charge in [0.05, 0.1) is 17.2 Å². The van der Waals surface area contributed by atoms with Crippen LogP contribution in [0.15, 0.2) is 47.5 Å². The van der Waals surface area contributed by atoms with Gasteiger partial charge in [0.1, 0.15) is 5.75 Å². The van der Waals surface area contributed by atoms with Crippen LogP contribution in [0.25, 0.3) is 0 Å². The summed E-state index contributed by atoms with van der Waals surface area (Å²) < 4.78 is 32.8. The number of aromatic nitrogens is 1. The molecule has 0 atom stereocenters. The molecule has 1 aromatic carbocycles. The highest BCUT2D eigenvalue weighted by molar-refractivity contribution is 7.92. The van der Waals surface area contributed by atoms with E-state index in [-0.39, 0.29) is 10.3 Å². The number of nitrogens with one attached hydrogen (secondary N) is 1. The van der Waals surface area contributed by atoms with Crippen molar-refractivity contribution in [2.24, 2.45) is 0 Å². The Morgan fingerprint density at radius 2 is 1.78 bits per heavy atom. The average Bonchev–Trinajstić information content (AvgIpc) is 2.47. The molecule has 6 heteroatoms. The molecule has 0 bridgehead atoms. The average molecular weight is 334 g/mol. The Kier molecular flexibility index (Phi) is 4.94. The van der Waals surface area contributed by atoms with Crippen molar-refractivity contribution in [3.05, 3.63) is 48.3 Å². The lowest BCUT2D eigenvalue weighted by Gasteiger charge is -2.18. The molecule has 1 heterocycles. The van der Waals surface area contributed by atoms with Gasteiger partial charge in [-0.05, 0) is 43.3 Å². The number of pyridine rings is 1. The number of sulfonamides is 1.